The quantitative estimate of drug-likeness (QED) is 0.728. The summed E-state index contributed by atoms with van der Waals surface area (Å²) in [5.74, 6) is -0.795. The molecule has 0 aromatic heterocycles. The summed E-state index contributed by atoms with van der Waals surface area (Å²) in [7, 11) is 0. The Balaban J connectivity index is 2.02. The first-order valence-corrected chi connectivity index (χ1v) is 6.36. The average Bonchev–Trinajstić information content (AvgIpc) is 2.29. The largest absolute Gasteiger partial charge is 0.465 e. The van der Waals surface area contributed by atoms with Crippen molar-refractivity contribution in [1.82, 2.24) is 5.32 Å². The third-order valence-corrected chi connectivity index (χ3v) is 3.21. The molecule has 0 aliphatic carbocycles. The van der Waals surface area contributed by atoms with Gasteiger partial charge in [0.15, 0.2) is 5.79 Å². The molecule has 2 aliphatic heterocycles. The first kappa shape index (κ1) is 12.8. The number of esters is 1. The van der Waals surface area contributed by atoms with Gasteiger partial charge < -0.3 is 19.5 Å². The summed E-state index contributed by atoms with van der Waals surface area (Å²) in [6, 6.07) is -0.131. The van der Waals surface area contributed by atoms with Gasteiger partial charge in [0.2, 0.25) is 0 Å². The third kappa shape index (κ3) is 2.97. The van der Waals surface area contributed by atoms with Gasteiger partial charge in [-0.3, -0.25) is 4.79 Å². The van der Waals surface area contributed by atoms with Gasteiger partial charge >= 0.3 is 5.97 Å². The second-order valence-corrected chi connectivity index (χ2v) is 4.74. The van der Waals surface area contributed by atoms with Crippen LogP contribution in [0.4, 0.5) is 0 Å². The van der Waals surface area contributed by atoms with Gasteiger partial charge in [-0.15, -0.1) is 0 Å². The SMILES string of the molecule is CCOC(=O)[C@H]1CC2(C[C@@H](C)N1)OCCCO2. The number of piperidine rings is 1. The van der Waals surface area contributed by atoms with Crippen molar-refractivity contribution < 1.29 is 19.0 Å². The van der Waals surface area contributed by atoms with Crippen LogP contribution in [0.15, 0.2) is 0 Å². The number of carbonyl (C=O) groups is 1. The van der Waals surface area contributed by atoms with E-state index in [-0.39, 0.29) is 18.1 Å². The van der Waals surface area contributed by atoms with Gasteiger partial charge in [-0.1, -0.05) is 0 Å². The summed E-state index contributed by atoms with van der Waals surface area (Å²) >= 11 is 0. The Morgan fingerprint density at radius 2 is 2.12 bits per heavy atom. The first-order chi connectivity index (χ1) is 8.15. The summed E-state index contributed by atoms with van der Waals surface area (Å²) in [6.45, 7) is 5.67. The fraction of sp³-hybridized carbons (Fsp3) is 0.917. The molecule has 2 saturated heterocycles. The monoisotopic (exact) mass is 243 g/mol. The Hall–Kier alpha value is -0.650. The Labute approximate surface area is 102 Å². The van der Waals surface area contributed by atoms with Crippen molar-refractivity contribution in [2.45, 2.75) is 51.0 Å². The van der Waals surface area contributed by atoms with Crippen LogP contribution in [0.2, 0.25) is 0 Å². The van der Waals surface area contributed by atoms with E-state index in [4.69, 9.17) is 14.2 Å². The number of hydrogen-bond donors (Lipinski definition) is 1. The molecule has 1 N–H and O–H groups in total. The van der Waals surface area contributed by atoms with Crippen LogP contribution in [0.25, 0.3) is 0 Å². The van der Waals surface area contributed by atoms with Crippen molar-refractivity contribution in [2.24, 2.45) is 0 Å². The zero-order chi connectivity index (χ0) is 12.3. The van der Waals surface area contributed by atoms with Gasteiger partial charge in [-0.2, -0.15) is 0 Å². The van der Waals surface area contributed by atoms with Gasteiger partial charge in [0.1, 0.15) is 6.04 Å². The second-order valence-electron chi connectivity index (χ2n) is 4.74. The van der Waals surface area contributed by atoms with Crippen LogP contribution in [0.1, 0.15) is 33.1 Å². The molecule has 0 unspecified atom stereocenters. The predicted molar refractivity (Wildman–Crippen MR) is 61.5 cm³/mol. The summed E-state index contributed by atoms with van der Waals surface area (Å²) in [4.78, 5) is 11.8. The van der Waals surface area contributed by atoms with E-state index in [0.717, 1.165) is 12.8 Å². The zero-order valence-electron chi connectivity index (χ0n) is 10.5. The van der Waals surface area contributed by atoms with Crippen molar-refractivity contribution in [3.63, 3.8) is 0 Å². The number of ether oxygens (including phenoxy) is 3. The third-order valence-electron chi connectivity index (χ3n) is 3.21. The smallest absolute Gasteiger partial charge is 0.323 e. The lowest BCUT2D eigenvalue weighted by Gasteiger charge is -2.44. The van der Waals surface area contributed by atoms with Crippen LogP contribution in [-0.2, 0) is 19.0 Å². The fourth-order valence-electron chi connectivity index (χ4n) is 2.57. The van der Waals surface area contributed by atoms with E-state index >= 15 is 0 Å². The molecule has 2 heterocycles. The minimum absolute atomic E-state index is 0.191. The molecule has 0 aromatic carbocycles. The molecule has 1 spiro atoms. The standard InChI is InChI=1S/C12H21NO4/c1-3-15-11(14)10-8-12(7-9(2)13-10)16-5-4-6-17-12/h9-10,13H,3-8H2,1-2H3/t9-,10-/m1/s1. The van der Waals surface area contributed by atoms with E-state index < -0.39 is 5.79 Å². The van der Waals surface area contributed by atoms with Gasteiger partial charge in [0.05, 0.1) is 19.8 Å². The molecule has 0 saturated carbocycles. The molecular weight excluding hydrogens is 222 g/mol. The highest BCUT2D eigenvalue weighted by Gasteiger charge is 2.45. The summed E-state index contributed by atoms with van der Waals surface area (Å²) in [5, 5.41) is 3.24. The highest BCUT2D eigenvalue weighted by Crippen LogP contribution is 2.33. The van der Waals surface area contributed by atoms with Crippen molar-refractivity contribution in [2.75, 3.05) is 19.8 Å². The highest BCUT2D eigenvalue weighted by molar-refractivity contribution is 5.76. The van der Waals surface area contributed by atoms with E-state index in [1.165, 1.54) is 0 Å². The molecule has 0 bridgehead atoms. The molecule has 17 heavy (non-hydrogen) atoms. The van der Waals surface area contributed by atoms with Crippen molar-refractivity contribution >= 4 is 5.97 Å². The van der Waals surface area contributed by atoms with Gasteiger partial charge in [-0.25, -0.2) is 0 Å². The van der Waals surface area contributed by atoms with Crippen molar-refractivity contribution in [3.05, 3.63) is 0 Å². The molecule has 5 nitrogen and oxygen atoms in total. The van der Waals surface area contributed by atoms with Gasteiger partial charge in [-0.05, 0) is 20.3 Å². The Morgan fingerprint density at radius 3 is 2.76 bits per heavy atom. The lowest BCUT2D eigenvalue weighted by molar-refractivity contribution is -0.285. The minimum Gasteiger partial charge on any atom is -0.465 e. The zero-order valence-corrected chi connectivity index (χ0v) is 10.5. The fourth-order valence-corrected chi connectivity index (χ4v) is 2.57. The molecule has 0 amide bonds. The maximum Gasteiger partial charge on any atom is 0.323 e. The number of rotatable bonds is 2. The average molecular weight is 243 g/mol. The van der Waals surface area contributed by atoms with E-state index in [1.807, 2.05) is 13.8 Å². The Kier molecular flexibility index (Phi) is 4.01. The molecular formula is C12H21NO4. The lowest BCUT2D eigenvalue weighted by Crippen LogP contribution is -2.58. The highest BCUT2D eigenvalue weighted by atomic mass is 16.7. The minimum atomic E-state index is -0.583. The first-order valence-electron chi connectivity index (χ1n) is 6.36. The molecule has 2 aliphatic rings. The maximum absolute atomic E-state index is 11.8. The van der Waals surface area contributed by atoms with Crippen LogP contribution in [0.5, 0.6) is 0 Å². The molecule has 0 radical (unpaired) electrons. The Bertz CT molecular complexity index is 276. The van der Waals surface area contributed by atoms with Crippen LogP contribution < -0.4 is 5.32 Å². The molecule has 0 aromatic rings. The molecule has 2 fully saturated rings. The molecule has 2 rings (SSSR count). The van der Waals surface area contributed by atoms with Crippen LogP contribution in [0, 0.1) is 0 Å². The van der Waals surface area contributed by atoms with Gasteiger partial charge in [0, 0.05) is 18.9 Å². The normalized spacial score (nSPS) is 32.4. The molecule has 5 heteroatoms. The summed E-state index contributed by atoms with van der Waals surface area (Å²) < 4.78 is 16.6. The van der Waals surface area contributed by atoms with Crippen molar-refractivity contribution in [3.8, 4) is 0 Å². The Morgan fingerprint density at radius 1 is 1.41 bits per heavy atom. The number of nitrogens with one attached hydrogen (secondary N) is 1. The molecule has 98 valence electrons. The van der Waals surface area contributed by atoms with Crippen molar-refractivity contribution in [1.29, 1.82) is 0 Å². The van der Waals surface area contributed by atoms with E-state index in [1.54, 1.807) is 0 Å². The predicted octanol–water partition coefficient (Wildman–Crippen LogP) is 0.823. The van der Waals surface area contributed by atoms with Crippen LogP contribution >= 0.6 is 0 Å². The molecule has 2 atom stereocenters. The maximum atomic E-state index is 11.8. The number of hydrogen-bond acceptors (Lipinski definition) is 5. The topological polar surface area (TPSA) is 56.8 Å². The number of carbonyl (C=O) groups excluding carboxylic acids is 1. The van der Waals surface area contributed by atoms with E-state index in [9.17, 15) is 4.79 Å². The van der Waals surface area contributed by atoms with E-state index in [2.05, 4.69) is 5.32 Å². The summed E-state index contributed by atoms with van der Waals surface area (Å²) in [5.41, 5.74) is 0. The lowest BCUT2D eigenvalue weighted by atomic mass is 9.92. The van der Waals surface area contributed by atoms with Gasteiger partial charge in [0.25, 0.3) is 0 Å². The van der Waals surface area contributed by atoms with Crippen LogP contribution in [-0.4, -0.2) is 43.7 Å². The summed E-state index contributed by atoms with van der Waals surface area (Å²) in [6.07, 6.45) is 2.24. The van der Waals surface area contributed by atoms with E-state index in [0.29, 0.717) is 26.2 Å². The van der Waals surface area contributed by atoms with Crippen LogP contribution in [0.3, 0.4) is 0 Å². The second kappa shape index (κ2) is 5.33.